The minimum Gasteiger partial charge on any atom is -0.386 e. The standard InChI is InChI=1S/C8H3O3/c9-7-5-3-1-2-4-6(5)8(10)11-7/h1,3-4H. The van der Waals surface area contributed by atoms with E-state index in [2.05, 4.69) is 10.8 Å². The molecule has 0 unspecified atom stereocenters. The fourth-order valence-electron chi connectivity index (χ4n) is 0.971. The largest absolute Gasteiger partial charge is 0.386 e. The first-order valence-electron chi connectivity index (χ1n) is 3.05. The maximum atomic E-state index is 10.8. The zero-order valence-corrected chi connectivity index (χ0v) is 5.46. The highest BCUT2D eigenvalue weighted by Crippen LogP contribution is 2.18. The van der Waals surface area contributed by atoms with Gasteiger partial charge in [-0.1, -0.05) is 6.07 Å². The quantitative estimate of drug-likeness (QED) is 0.402. The van der Waals surface area contributed by atoms with Crippen LogP contribution in [0.3, 0.4) is 0 Å². The third-order valence-corrected chi connectivity index (χ3v) is 1.49. The minimum atomic E-state index is -0.582. The molecule has 1 aromatic carbocycles. The second-order valence-corrected chi connectivity index (χ2v) is 2.15. The smallest absolute Gasteiger partial charge is 0.346 e. The lowest BCUT2D eigenvalue weighted by Crippen LogP contribution is -1.96. The van der Waals surface area contributed by atoms with E-state index in [1.54, 1.807) is 6.07 Å². The fraction of sp³-hybridized carbons (Fsp3) is 0. The molecule has 3 heteroatoms. The van der Waals surface area contributed by atoms with Crippen molar-refractivity contribution in [2.45, 2.75) is 0 Å². The lowest BCUT2D eigenvalue weighted by atomic mass is 10.1. The summed E-state index contributed by atoms with van der Waals surface area (Å²) < 4.78 is 4.33. The van der Waals surface area contributed by atoms with Crippen LogP contribution in [0, 0.1) is 6.07 Å². The van der Waals surface area contributed by atoms with Crippen LogP contribution in [0.25, 0.3) is 0 Å². The molecule has 1 aliphatic heterocycles. The van der Waals surface area contributed by atoms with Crippen LogP contribution in [0.2, 0.25) is 0 Å². The number of rotatable bonds is 0. The molecule has 0 saturated carbocycles. The summed E-state index contributed by atoms with van der Waals surface area (Å²) in [5.74, 6) is -1.15. The molecule has 0 amide bonds. The Bertz CT molecular complexity index is 308. The average Bonchev–Trinajstić information content (AvgIpc) is 2.30. The Kier molecular flexibility index (Phi) is 1.06. The predicted molar refractivity (Wildman–Crippen MR) is 35.0 cm³/mol. The van der Waals surface area contributed by atoms with Gasteiger partial charge in [-0.2, -0.15) is 0 Å². The Morgan fingerprint density at radius 2 is 1.91 bits per heavy atom. The van der Waals surface area contributed by atoms with E-state index in [0.717, 1.165) is 0 Å². The van der Waals surface area contributed by atoms with Crippen LogP contribution in [0.4, 0.5) is 0 Å². The van der Waals surface area contributed by atoms with Crippen molar-refractivity contribution in [1.82, 2.24) is 0 Å². The van der Waals surface area contributed by atoms with Crippen molar-refractivity contribution < 1.29 is 14.3 Å². The highest BCUT2D eigenvalue weighted by molar-refractivity contribution is 6.14. The molecule has 1 aromatic rings. The second-order valence-electron chi connectivity index (χ2n) is 2.15. The molecule has 53 valence electrons. The van der Waals surface area contributed by atoms with Gasteiger partial charge >= 0.3 is 11.9 Å². The Balaban J connectivity index is 2.69. The first-order valence-corrected chi connectivity index (χ1v) is 3.05. The fourth-order valence-corrected chi connectivity index (χ4v) is 0.971. The van der Waals surface area contributed by atoms with Gasteiger partial charge in [-0.3, -0.25) is 0 Å². The predicted octanol–water partition coefficient (Wildman–Crippen LogP) is 0.797. The summed E-state index contributed by atoms with van der Waals surface area (Å²) >= 11 is 0. The van der Waals surface area contributed by atoms with Crippen molar-refractivity contribution >= 4 is 11.9 Å². The Labute approximate surface area is 62.6 Å². The van der Waals surface area contributed by atoms with Crippen LogP contribution >= 0.6 is 0 Å². The number of carbonyl (C=O) groups is 2. The highest BCUT2D eigenvalue weighted by Gasteiger charge is 2.28. The number of esters is 2. The monoisotopic (exact) mass is 147 g/mol. The van der Waals surface area contributed by atoms with E-state index < -0.39 is 11.9 Å². The number of fused-ring (bicyclic) bond motifs is 1. The first kappa shape index (κ1) is 6.09. The van der Waals surface area contributed by atoms with Gasteiger partial charge in [0.05, 0.1) is 11.1 Å². The molecule has 0 bridgehead atoms. The molecule has 0 aromatic heterocycles. The van der Waals surface area contributed by atoms with E-state index in [1.165, 1.54) is 12.1 Å². The molecule has 1 heterocycles. The Hall–Kier alpha value is -1.64. The SMILES string of the molecule is O=C1OC(=O)c2cc[c]cc21. The molecule has 0 saturated heterocycles. The molecular weight excluding hydrogens is 144 g/mol. The number of cyclic esters (lactones) is 2. The number of hydrogen-bond donors (Lipinski definition) is 0. The zero-order chi connectivity index (χ0) is 7.84. The van der Waals surface area contributed by atoms with Gasteiger partial charge in [-0.15, -0.1) is 0 Å². The van der Waals surface area contributed by atoms with E-state index in [9.17, 15) is 9.59 Å². The highest BCUT2D eigenvalue weighted by atomic mass is 16.6. The zero-order valence-electron chi connectivity index (χ0n) is 5.46. The molecule has 1 radical (unpaired) electrons. The Morgan fingerprint density at radius 3 is 2.64 bits per heavy atom. The first-order chi connectivity index (χ1) is 5.29. The van der Waals surface area contributed by atoms with Gasteiger partial charge < -0.3 is 4.74 Å². The summed E-state index contributed by atoms with van der Waals surface area (Å²) in [7, 11) is 0. The molecule has 3 nitrogen and oxygen atoms in total. The summed E-state index contributed by atoms with van der Waals surface area (Å²) in [4.78, 5) is 21.6. The van der Waals surface area contributed by atoms with Crippen LogP contribution in [0.1, 0.15) is 20.7 Å². The van der Waals surface area contributed by atoms with Gasteiger partial charge in [0.1, 0.15) is 0 Å². The minimum absolute atomic E-state index is 0.303. The van der Waals surface area contributed by atoms with Crippen molar-refractivity contribution in [3.05, 3.63) is 35.4 Å². The summed E-state index contributed by atoms with van der Waals surface area (Å²) in [6.45, 7) is 0. The molecule has 0 spiro atoms. The van der Waals surface area contributed by atoms with E-state index in [-0.39, 0.29) is 0 Å². The van der Waals surface area contributed by atoms with E-state index >= 15 is 0 Å². The van der Waals surface area contributed by atoms with E-state index in [4.69, 9.17) is 0 Å². The maximum absolute atomic E-state index is 10.8. The van der Waals surface area contributed by atoms with Gasteiger partial charge in [0.15, 0.2) is 0 Å². The van der Waals surface area contributed by atoms with E-state index in [0.29, 0.717) is 11.1 Å². The molecule has 0 aliphatic carbocycles. The number of carbonyl (C=O) groups excluding carboxylic acids is 2. The van der Waals surface area contributed by atoms with Crippen LogP contribution < -0.4 is 0 Å². The van der Waals surface area contributed by atoms with Crippen molar-refractivity contribution in [3.8, 4) is 0 Å². The number of hydrogen-bond acceptors (Lipinski definition) is 3. The average molecular weight is 147 g/mol. The molecule has 0 N–H and O–H groups in total. The summed E-state index contributed by atoms with van der Waals surface area (Å²) in [5, 5.41) is 0. The summed E-state index contributed by atoms with van der Waals surface area (Å²) in [5.41, 5.74) is 0.631. The van der Waals surface area contributed by atoms with Crippen molar-refractivity contribution in [2.75, 3.05) is 0 Å². The van der Waals surface area contributed by atoms with Gasteiger partial charge in [0.2, 0.25) is 0 Å². The van der Waals surface area contributed by atoms with Gasteiger partial charge in [-0.25, -0.2) is 9.59 Å². The van der Waals surface area contributed by atoms with Crippen LogP contribution in [-0.4, -0.2) is 11.9 Å². The van der Waals surface area contributed by atoms with Crippen molar-refractivity contribution in [2.24, 2.45) is 0 Å². The molecule has 0 atom stereocenters. The molecule has 1 aliphatic rings. The molecule has 2 rings (SSSR count). The maximum Gasteiger partial charge on any atom is 0.346 e. The van der Waals surface area contributed by atoms with Gasteiger partial charge in [0, 0.05) is 0 Å². The molecular formula is C8H3O3. The third-order valence-electron chi connectivity index (χ3n) is 1.49. The number of ether oxygens (including phenoxy) is 1. The normalized spacial score (nSPS) is 14.5. The Morgan fingerprint density at radius 1 is 1.18 bits per heavy atom. The van der Waals surface area contributed by atoms with Crippen molar-refractivity contribution in [1.29, 1.82) is 0 Å². The number of benzene rings is 1. The second kappa shape index (κ2) is 1.92. The van der Waals surface area contributed by atoms with Crippen LogP contribution in [-0.2, 0) is 4.74 Å². The molecule has 0 fully saturated rings. The molecule has 11 heavy (non-hydrogen) atoms. The lowest BCUT2D eigenvalue weighted by molar-refractivity contribution is 0.0444. The van der Waals surface area contributed by atoms with Crippen LogP contribution in [0.5, 0.6) is 0 Å². The van der Waals surface area contributed by atoms with Gasteiger partial charge in [-0.05, 0) is 18.2 Å². The van der Waals surface area contributed by atoms with Gasteiger partial charge in [0.25, 0.3) is 0 Å². The lowest BCUT2D eigenvalue weighted by Gasteiger charge is -1.85. The van der Waals surface area contributed by atoms with Crippen molar-refractivity contribution in [3.63, 3.8) is 0 Å². The summed E-state index contributed by atoms with van der Waals surface area (Å²) in [6.07, 6.45) is 0. The van der Waals surface area contributed by atoms with E-state index in [1.807, 2.05) is 0 Å². The third kappa shape index (κ3) is 0.741. The summed E-state index contributed by atoms with van der Waals surface area (Å²) in [6, 6.07) is 7.22. The van der Waals surface area contributed by atoms with Crippen LogP contribution in [0.15, 0.2) is 18.2 Å². The topological polar surface area (TPSA) is 43.4 Å².